The summed E-state index contributed by atoms with van der Waals surface area (Å²) in [6.45, 7) is 2.81. The minimum Gasteiger partial charge on any atom is -0.346 e. The Morgan fingerprint density at radius 1 is 1.06 bits per heavy atom. The smallest absolute Gasteiger partial charge is 0.346 e. The van der Waals surface area contributed by atoms with Crippen LogP contribution >= 0.6 is 0 Å². The van der Waals surface area contributed by atoms with Crippen molar-refractivity contribution >= 4 is 5.91 Å². The SMILES string of the molecule is CNCC1CCCN(CCCCC2(C(=O)NCC(F)(F)F)c3ccccc3-c3ccccc32)C1. The molecule has 0 bridgehead atoms. The monoisotopic (exact) mass is 473 g/mol. The summed E-state index contributed by atoms with van der Waals surface area (Å²) >= 11 is 0. The Morgan fingerprint density at radius 3 is 2.32 bits per heavy atom. The van der Waals surface area contributed by atoms with E-state index in [1.54, 1.807) is 0 Å². The number of nitrogens with one attached hydrogen (secondary N) is 2. The zero-order valence-electron chi connectivity index (χ0n) is 19.8. The molecular weight excluding hydrogens is 439 g/mol. The number of likely N-dealkylation sites (tertiary alicyclic amines) is 1. The van der Waals surface area contributed by atoms with Crippen LogP contribution < -0.4 is 10.6 Å². The molecule has 7 heteroatoms. The minimum atomic E-state index is -4.45. The number of benzene rings is 2. The highest BCUT2D eigenvalue weighted by Crippen LogP contribution is 2.51. The van der Waals surface area contributed by atoms with Gasteiger partial charge in [-0.25, -0.2) is 0 Å². The van der Waals surface area contributed by atoms with Crippen molar-refractivity contribution in [1.82, 2.24) is 15.5 Å². The first-order chi connectivity index (χ1) is 16.3. The molecule has 1 atom stereocenters. The highest BCUT2D eigenvalue weighted by Gasteiger charge is 2.49. The van der Waals surface area contributed by atoms with E-state index < -0.39 is 24.0 Å². The molecule has 4 nitrogen and oxygen atoms in total. The number of nitrogens with zero attached hydrogens (tertiary/aromatic N) is 1. The molecule has 2 aliphatic rings. The van der Waals surface area contributed by atoms with Crippen molar-refractivity contribution in [3.63, 3.8) is 0 Å². The molecule has 4 rings (SSSR count). The Kier molecular flexibility index (Phi) is 7.63. The Bertz CT molecular complexity index is 944. The molecule has 2 N–H and O–H groups in total. The van der Waals surface area contributed by atoms with Crippen LogP contribution in [0.2, 0.25) is 0 Å². The summed E-state index contributed by atoms with van der Waals surface area (Å²) in [6.07, 6.45) is 0.135. The van der Waals surface area contributed by atoms with Crippen LogP contribution in [0.15, 0.2) is 48.5 Å². The molecule has 1 saturated heterocycles. The van der Waals surface area contributed by atoms with Gasteiger partial charge in [-0.1, -0.05) is 55.0 Å². The molecule has 0 aromatic heterocycles. The normalized spacial score (nSPS) is 19.5. The van der Waals surface area contributed by atoms with Crippen LogP contribution in [0.25, 0.3) is 11.1 Å². The highest BCUT2D eigenvalue weighted by molar-refractivity contribution is 6.00. The quantitative estimate of drug-likeness (QED) is 0.518. The lowest BCUT2D eigenvalue weighted by atomic mass is 9.73. The zero-order valence-corrected chi connectivity index (χ0v) is 19.8. The van der Waals surface area contributed by atoms with Gasteiger partial charge in [0.2, 0.25) is 5.91 Å². The summed E-state index contributed by atoms with van der Waals surface area (Å²) < 4.78 is 39.0. The largest absolute Gasteiger partial charge is 0.405 e. The molecule has 1 heterocycles. The second-order valence-electron chi connectivity index (χ2n) is 9.62. The van der Waals surface area contributed by atoms with Crippen molar-refractivity contribution in [1.29, 1.82) is 0 Å². The van der Waals surface area contributed by atoms with Crippen molar-refractivity contribution in [3.8, 4) is 11.1 Å². The Labute approximate surface area is 199 Å². The topological polar surface area (TPSA) is 44.4 Å². The number of halogens is 3. The predicted molar refractivity (Wildman–Crippen MR) is 129 cm³/mol. The van der Waals surface area contributed by atoms with Gasteiger partial charge < -0.3 is 15.5 Å². The van der Waals surface area contributed by atoms with Gasteiger partial charge in [0.15, 0.2) is 0 Å². The van der Waals surface area contributed by atoms with Gasteiger partial charge in [-0.2, -0.15) is 13.2 Å². The third kappa shape index (κ3) is 5.15. The lowest BCUT2D eigenvalue weighted by Crippen LogP contribution is -2.47. The van der Waals surface area contributed by atoms with Gasteiger partial charge in [0.25, 0.3) is 0 Å². The highest BCUT2D eigenvalue weighted by atomic mass is 19.4. The number of hydrogen-bond donors (Lipinski definition) is 2. The van der Waals surface area contributed by atoms with Crippen molar-refractivity contribution in [3.05, 3.63) is 59.7 Å². The fourth-order valence-corrected chi connectivity index (χ4v) is 5.82. The van der Waals surface area contributed by atoms with Crippen LogP contribution in [0.4, 0.5) is 13.2 Å². The molecule has 1 unspecified atom stereocenters. The number of fused-ring (bicyclic) bond motifs is 3. The molecule has 1 aliphatic carbocycles. The van der Waals surface area contributed by atoms with Crippen LogP contribution in [0.5, 0.6) is 0 Å². The fraction of sp³-hybridized carbons (Fsp3) is 0.519. The van der Waals surface area contributed by atoms with E-state index in [1.165, 1.54) is 12.8 Å². The molecule has 184 valence electrons. The van der Waals surface area contributed by atoms with E-state index in [4.69, 9.17) is 0 Å². The van der Waals surface area contributed by atoms with Crippen molar-refractivity contribution in [2.45, 2.75) is 43.7 Å². The van der Waals surface area contributed by atoms with Crippen molar-refractivity contribution in [2.24, 2.45) is 5.92 Å². The number of hydrogen-bond acceptors (Lipinski definition) is 3. The lowest BCUT2D eigenvalue weighted by molar-refractivity contribution is -0.141. The minimum absolute atomic E-state index is 0.485. The van der Waals surface area contributed by atoms with E-state index in [0.717, 1.165) is 61.3 Å². The van der Waals surface area contributed by atoms with Gasteiger partial charge in [-0.3, -0.25) is 4.79 Å². The van der Waals surface area contributed by atoms with Gasteiger partial charge in [0.05, 0.1) is 0 Å². The standard InChI is InChI=1S/C27H34F3N3O/c1-31-17-20-9-8-16-33(18-20)15-7-6-14-26(25(34)32-19-27(28,29)30)23-12-4-2-10-21(23)22-11-3-5-13-24(22)26/h2-5,10-13,20,31H,6-9,14-19H2,1H3,(H,32,34). The summed E-state index contributed by atoms with van der Waals surface area (Å²) in [4.78, 5) is 16.0. The molecule has 0 spiro atoms. The summed E-state index contributed by atoms with van der Waals surface area (Å²) in [7, 11) is 1.99. The van der Waals surface area contributed by atoms with Crippen LogP contribution in [0.1, 0.15) is 43.2 Å². The third-order valence-electron chi connectivity index (χ3n) is 7.27. The summed E-state index contributed by atoms with van der Waals surface area (Å²) in [5, 5.41) is 5.49. The van der Waals surface area contributed by atoms with E-state index in [0.29, 0.717) is 12.3 Å². The van der Waals surface area contributed by atoms with Gasteiger partial charge in [0.1, 0.15) is 12.0 Å². The van der Waals surface area contributed by atoms with Crippen molar-refractivity contribution in [2.75, 3.05) is 39.8 Å². The van der Waals surface area contributed by atoms with Crippen LogP contribution in [-0.2, 0) is 10.2 Å². The number of rotatable bonds is 9. The van der Waals surface area contributed by atoms with Crippen molar-refractivity contribution < 1.29 is 18.0 Å². The van der Waals surface area contributed by atoms with Gasteiger partial charge in [-0.15, -0.1) is 0 Å². The second-order valence-corrected chi connectivity index (χ2v) is 9.62. The maximum absolute atomic E-state index is 13.5. The molecule has 2 aromatic carbocycles. The molecule has 1 fully saturated rings. The van der Waals surface area contributed by atoms with E-state index in [1.807, 2.05) is 55.6 Å². The maximum Gasteiger partial charge on any atom is 0.405 e. The molecule has 1 aliphatic heterocycles. The predicted octanol–water partition coefficient (Wildman–Crippen LogP) is 4.73. The summed E-state index contributed by atoms with van der Waals surface area (Å²) in [5.41, 5.74) is 2.39. The molecular formula is C27H34F3N3O. The van der Waals surface area contributed by atoms with Gasteiger partial charge >= 0.3 is 6.18 Å². The molecule has 0 radical (unpaired) electrons. The Balaban J connectivity index is 1.54. The van der Waals surface area contributed by atoms with Crippen LogP contribution in [0.3, 0.4) is 0 Å². The van der Waals surface area contributed by atoms with Gasteiger partial charge in [-0.05, 0) is 80.5 Å². The Morgan fingerprint density at radius 2 is 1.71 bits per heavy atom. The second kappa shape index (κ2) is 10.5. The average molecular weight is 474 g/mol. The number of amides is 1. The third-order valence-corrected chi connectivity index (χ3v) is 7.27. The summed E-state index contributed by atoms with van der Waals surface area (Å²) in [5.74, 6) is 0.0982. The average Bonchev–Trinajstić information content (AvgIpc) is 3.11. The first-order valence-electron chi connectivity index (χ1n) is 12.3. The van der Waals surface area contributed by atoms with Gasteiger partial charge in [0, 0.05) is 6.54 Å². The Hall–Kier alpha value is -2.38. The van der Waals surface area contributed by atoms with Crippen LogP contribution in [0, 0.1) is 5.92 Å². The first kappa shape index (κ1) is 24.7. The van der Waals surface area contributed by atoms with Crippen LogP contribution in [-0.4, -0.2) is 56.8 Å². The molecule has 0 saturated carbocycles. The zero-order chi connectivity index (χ0) is 24.2. The number of unbranched alkanes of at least 4 members (excludes halogenated alkanes) is 1. The van der Waals surface area contributed by atoms with E-state index >= 15 is 0 Å². The number of carbonyl (C=O) groups is 1. The van der Waals surface area contributed by atoms with E-state index in [9.17, 15) is 18.0 Å². The molecule has 1 amide bonds. The van der Waals surface area contributed by atoms with E-state index in [2.05, 4.69) is 15.5 Å². The first-order valence-corrected chi connectivity index (χ1v) is 12.3. The fourth-order valence-electron chi connectivity index (χ4n) is 5.82. The number of alkyl halides is 3. The number of carbonyl (C=O) groups excluding carboxylic acids is 1. The molecule has 2 aromatic rings. The maximum atomic E-state index is 13.5. The van der Waals surface area contributed by atoms with E-state index in [-0.39, 0.29) is 0 Å². The lowest BCUT2D eigenvalue weighted by Gasteiger charge is -2.34. The summed E-state index contributed by atoms with van der Waals surface area (Å²) in [6, 6.07) is 15.3. The molecule has 34 heavy (non-hydrogen) atoms. The number of piperidine rings is 1.